The van der Waals surface area contributed by atoms with Crippen LogP contribution in [0.4, 0.5) is 0 Å². The van der Waals surface area contributed by atoms with E-state index < -0.39 is 10.8 Å². The van der Waals surface area contributed by atoms with Crippen molar-refractivity contribution in [2.24, 2.45) is 0 Å². The molecule has 0 saturated carbocycles. The van der Waals surface area contributed by atoms with Crippen LogP contribution in [0.15, 0.2) is 255 Å². The second-order valence-electron chi connectivity index (χ2n) is 17.3. The van der Waals surface area contributed by atoms with Gasteiger partial charge in [-0.05, 0) is 112 Å². The highest BCUT2D eigenvalue weighted by Crippen LogP contribution is 2.48. The van der Waals surface area contributed by atoms with Gasteiger partial charge in [-0.15, -0.1) is 0 Å². The molecule has 0 amide bonds. The summed E-state index contributed by atoms with van der Waals surface area (Å²) in [6.45, 7) is 6.65. The summed E-state index contributed by atoms with van der Waals surface area (Å²) in [5.41, 5.74) is 18.5. The summed E-state index contributed by atoms with van der Waals surface area (Å²) in [5, 5.41) is 0. The fourth-order valence-electron chi connectivity index (χ4n) is 10.6. The van der Waals surface area contributed by atoms with Crippen LogP contribution in [-0.4, -0.2) is 4.98 Å². The molecule has 0 unspecified atom stereocenters. The largest absolute Gasteiger partial charge is 0.248 e. The van der Waals surface area contributed by atoms with E-state index in [0.29, 0.717) is 0 Å². The zero-order valence-electron chi connectivity index (χ0n) is 37.2. The zero-order valence-corrected chi connectivity index (χ0v) is 37.2. The van der Waals surface area contributed by atoms with Gasteiger partial charge < -0.3 is 0 Å². The van der Waals surface area contributed by atoms with Crippen molar-refractivity contribution in [1.82, 2.24) is 4.98 Å². The molecule has 0 aliphatic rings. The minimum atomic E-state index is -0.589. The molecule has 0 N–H and O–H groups in total. The molecule has 0 saturated heterocycles. The van der Waals surface area contributed by atoms with E-state index in [4.69, 9.17) is 4.98 Å². The van der Waals surface area contributed by atoms with E-state index in [1.54, 1.807) is 0 Å². The molecule has 10 aromatic rings. The number of pyridine rings is 1. The lowest BCUT2D eigenvalue weighted by atomic mass is 9.65. The molecular weight excluding hydrogens is 783 g/mol. The molecule has 0 atom stereocenters. The van der Waals surface area contributed by atoms with Gasteiger partial charge in [-0.25, -0.2) is 4.98 Å². The normalized spacial score (nSPS) is 11.6. The Hall–Kier alpha value is -7.87. The fraction of sp³-hybridized carbons (Fsp3) is 0.0781. The van der Waals surface area contributed by atoms with Crippen LogP contribution >= 0.6 is 0 Å². The average Bonchev–Trinajstić information content (AvgIpc) is 3.36. The average molecular weight is 834 g/mol. The second-order valence-corrected chi connectivity index (χ2v) is 17.3. The maximum atomic E-state index is 5.66. The van der Waals surface area contributed by atoms with E-state index in [-0.39, 0.29) is 0 Å². The molecule has 1 aromatic heterocycles. The van der Waals surface area contributed by atoms with Crippen molar-refractivity contribution in [3.05, 3.63) is 316 Å². The van der Waals surface area contributed by atoms with Gasteiger partial charge in [0.1, 0.15) is 0 Å². The molecule has 10 rings (SSSR count). The highest BCUT2D eigenvalue weighted by Gasteiger charge is 2.40. The first kappa shape index (κ1) is 41.2. The third-order valence-electron chi connectivity index (χ3n) is 13.2. The lowest BCUT2D eigenvalue weighted by Gasteiger charge is -2.37. The molecule has 0 radical (unpaired) electrons. The van der Waals surface area contributed by atoms with Crippen molar-refractivity contribution >= 4 is 0 Å². The van der Waals surface area contributed by atoms with E-state index in [1.807, 2.05) is 0 Å². The van der Waals surface area contributed by atoms with E-state index in [9.17, 15) is 0 Å². The Morgan fingerprint density at radius 1 is 0.262 bits per heavy atom. The highest BCUT2D eigenvalue weighted by atomic mass is 14.7. The lowest BCUT2D eigenvalue weighted by Crippen LogP contribution is -2.31. The summed E-state index contributed by atoms with van der Waals surface area (Å²) in [6, 6.07) is 93.0. The molecule has 9 aromatic carbocycles. The minimum absolute atomic E-state index is 0.589. The number of benzene rings is 9. The number of nitrogens with zero attached hydrogens (tertiary/aromatic N) is 1. The van der Waals surface area contributed by atoms with Crippen molar-refractivity contribution in [3.8, 4) is 33.6 Å². The highest BCUT2D eigenvalue weighted by molar-refractivity contribution is 5.81. The van der Waals surface area contributed by atoms with Gasteiger partial charge in [-0.2, -0.15) is 0 Å². The lowest BCUT2D eigenvalue weighted by molar-refractivity contribution is 0.745. The zero-order chi connectivity index (χ0) is 44.2. The summed E-state index contributed by atoms with van der Waals surface area (Å²) in [5.74, 6) is 0. The maximum Gasteiger partial charge on any atom is 0.0715 e. The van der Waals surface area contributed by atoms with Gasteiger partial charge in [-0.3, -0.25) is 0 Å². The molecule has 0 spiro atoms. The van der Waals surface area contributed by atoms with E-state index in [1.165, 1.54) is 66.8 Å². The third-order valence-corrected chi connectivity index (χ3v) is 13.2. The summed E-state index contributed by atoms with van der Waals surface area (Å²) in [7, 11) is 0. The van der Waals surface area contributed by atoms with Crippen LogP contribution in [-0.2, 0) is 10.8 Å². The Morgan fingerprint density at radius 3 is 0.831 bits per heavy atom. The van der Waals surface area contributed by atoms with Gasteiger partial charge in [0.05, 0.1) is 22.2 Å². The van der Waals surface area contributed by atoms with Gasteiger partial charge in [0.15, 0.2) is 0 Å². The second kappa shape index (κ2) is 17.7. The number of hydrogen-bond acceptors (Lipinski definition) is 1. The van der Waals surface area contributed by atoms with Crippen molar-refractivity contribution in [3.63, 3.8) is 0 Å². The van der Waals surface area contributed by atoms with Crippen LogP contribution in [0.1, 0.15) is 61.2 Å². The Labute approximate surface area is 384 Å². The van der Waals surface area contributed by atoms with Crippen LogP contribution < -0.4 is 0 Å². The Balaban J connectivity index is 1.22. The van der Waals surface area contributed by atoms with Gasteiger partial charge in [0.25, 0.3) is 0 Å². The van der Waals surface area contributed by atoms with Crippen LogP contribution in [0.25, 0.3) is 33.6 Å². The third kappa shape index (κ3) is 7.50. The molecule has 0 fully saturated rings. The Bertz CT molecular complexity index is 2790. The van der Waals surface area contributed by atoms with Crippen LogP contribution in [0.5, 0.6) is 0 Å². The number of hydrogen-bond donors (Lipinski definition) is 0. The SMILES string of the molecule is Cc1cc(C)c(-c2cc(-c3cccc(C(c4ccccc4)(c4ccccc4)c4ccccc4)c3)nc(-c3cccc(C(c4ccccc4)(c4ccccc4)c4ccccc4)c3)c2)c(C)c1. The quantitative estimate of drug-likeness (QED) is 0.118. The van der Waals surface area contributed by atoms with Crippen LogP contribution in [0.3, 0.4) is 0 Å². The van der Waals surface area contributed by atoms with Crippen molar-refractivity contribution in [1.29, 1.82) is 0 Å². The van der Waals surface area contributed by atoms with E-state index in [2.05, 4.69) is 276 Å². The summed E-state index contributed by atoms with van der Waals surface area (Å²) in [4.78, 5) is 5.66. The first-order chi connectivity index (χ1) is 32.0. The van der Waals surface area contributed by atoms with Gasteiger partial charge in [-0.1, -0.05) is 236 Å². The maximum absolute atomic E-state index is 5.66. The Kier molecular flexibility index (Phi) is 11.2. The smallest absolute Gasteiger partial charge is 0.0715 e. The molecule has 1 heterocycles. The van der Waals surface area contributed by atoms with Crippen LogP contribution in [0, 0.1) is 20.8 Å². The molecule has 65 heavy (non-hydrogen) atoms. The minimum Gasteiger partial charge on any atom is -0.248 e. The summed E-state index contributed by atoms with van der Waals surface area (Å²) < 4.78 is 0. The molecule has 1 heteroatoms. The van der Waals surface area contributed by atoms with Crippen molar-refractivity contribution in [2.45, 2.75) is 31.6 Å². The van der Waals surface area contributed by atoms with E-state index >= 15 is 0 Å². The Morgan fingerprint density at radius 2 is 0.538 bits per heavy atom. The monoisotopic (exact) mass is 833 g/mol. The molecule has 0 aliphatic carbocycles. The molecule has 312 valence electrons. The van der Waals surface area contributed by atoms with E-state index in [0.717, 1.165) is 28.1 Å². The summed E-state index contributed by atoms with van der Waals surface area (Å²) in [6.07, 6.45) is 0. The van der Waals surface area contributed by atoms with Gasteiger partial charge >= 0.3 is 0 Å². The van der Waals surface area contributed by atoms with Crippen molar-refractivity contribution in [2.75, 3.05) is 0 Å². The number of aryl methyl sites for hydroxylation is 3. The van der Waals surface area contributed by atoms with Gasteiger partial charge in [0.2, 0.25) is 0 Å². The molecule has 0 aliphatic heterocycles. The van der Waals surface area contributed by atoms with Crippen molar-refractivity contribution < 1.29 is 0 Å². The molecule has 1 nitrogen and oxygen atoms in total. The standard InChI is InChI=1S/C64H51N/c1-46-40-47(2)62(48(3)41-46)51-44-60(49-24-22-38-58(42-49)63(52-26-10-4-11-27-52,53-28-12-5-13-29-53)54-30-14-6-15-31-54)65-61(45-51)50-25-23-39-59(43-50)64(55-32-16-7-17-33-55,56-34-18-8-19-35-56)57-36-20-9-21-37-57/h4-45H,1-3H3. The molecule has 0 bridgehead atoms. The topological polar surface area (TPSA) is 12.9 Å². The number of rotatable bonds is 11. The van der Waals surface area contributed by atoms with Crippen LogP contribution in [0.2, 0.25) is 0 Å². The predicted molar refractivity (Wildman–Crippen MR) is 271 cm³/mol. The first-order valence-electron chi connectivity index (χ1n) is 22.6. The predicted octanol–water partition coefficient (Wildman–Crippen LogP) is 15.8. The summed E-state index contributed by atoms with van der Waals surface area (Å²) >= 11 is 0. The number of aromatic nitrogens is 1. The van der Waals surface area contributed by atoms with Gasteiger partial charge in [0, 0.05) is 11.1 Å². The first-order valence-corrected chi connectivity index (χ1v) is 22.6. The molecular formula is C64H51N. The fourth-order valence-corrected chi connectivity index (χ4v) is 10.6.